The number of hydrogen-bond donors (Lipinski definition) is 0. The van der Waals surface area contributed by atoms with Crippen molar-refractivity contribution in [1.29, 1.82) is 0 Å². The number of carbonyl (C=O) groups excluding carboxylic acids is 3. The Labute approximate surface area is 388 Å². The van der Waals surface area contributed by atoms with Gasteiger partial charge in [0.25, 0.3) is 0 Å². The van der Waals surface area contributed by atoms with E-state index in [0.717, 1.165) is 135 Å². The largest absolute Gasteiger partial charge is 0.462 e. The number of carbonyl (C=O) groups is 3. The lowest BCUT2D eigenvalue weighted by atomic mass is 10.0. The highest BCUT2D eigenvalue weighted by Crippen LogP contribution is 2.15. The van der Waals surface area contributed by atoms with Gasteiger partial charge in [-0.15, -0.1) is 0 Å². The van der Waals surface area contributed by atoms with Crippen LogP contribution in [-0.4, -0.2) is 37.2 Å². The normalized spacial score (nSPS) is 12.7. The average Bonchev–Trinajstić information content (AvgIpc) is 3.28. The number of rotatable bonds is 46. The molecule has 0 aliphatic carbocycles. The molecule has 0 heterocycles. The smallest absolute Gasteiger partial charge is 0.306 e. The molecule has 0 radical (unpaired) electrons. The summed E-state index contributed by atoms with van der Waals surface area (Å²) < 4.78 is 16.8. The van der Waals surface area contributed by atoms with E-state index in [9.17, 15) is 14.4 Å². The molecule has 6 heteroatoms. The van der Waals surface area contributed by atoms with Crippen LogP contribution in [-0.2, 0) is 28.6 Å². The number of hydrogen-bond acceptors (Lipinski definition) is 6. The molecule has 360 valence electrons. The Balaban J connectivity index is 4.46. The molecule has 0 bridgehead atoms. The number of esters is 3. The lowest BCUT2D eigenvalue weighted by molar-refractivity contribution is -0.167. The number of ether oxygens (including phenoxy) is 3. The second kappa shape index (κ2) is 51.2. The van der Waals surface area contributed by atoms with E-state index in [0.29, 0.717) is 19.3 Å². The second-order valence-electron chi connectivity index (χ2n) is 17.0. The Morgan fingerprint density at radius 2 is 0.619 bits per heavy atom. The third-order valence-corrected chi connectivity index (χ3v) is 10.9. The van der Waals surface area contributed by atoms with Crippen molar-refractivity contribution in [2.24, 2.45) is 0 Å². The fraction of sp³-hybridized carbons (Fsp3) is 0.702. The molecule has 0 spiro atoms. The summed E-state index contributed by atoms with van der Waals surface area (Å²) in [6.07, 6.45) is 65.6. The van der Waals surface area contributed by atoms with E-state index in [2.05, 4.69) is 106 Å². The topological polar surface area (TPSA) is 78.9 Å². The molecule has 6 nitrogen and oxygen atoms in total. The van der Waals surface area contributed by atoms with Crippen LogP contribution in [0.1, 0.15) is 239 Å². The summed E-state index contributed by atoms with van der Waals surface area (Å²) in [6, 6.07) is 0. The Kier molecular flexibility index (Phi) is 48.5. The molecule has 0 amide bonds. The van der Waals surface area contributed by atoms with Crippen molar-refractivity contribution >= 4 is 17.9 Å². The fourth-order valence-corrected chi connectivity index (χ4v) is 7.04. The first-order chi connectivity index (χ1) is 31.0. The molecule has 63 heavy (non-hydrogen) atoms. The summed E-state index contributed by atoms with van der Waals surface area (Å²) >= 11 is 0. The summed E-state index contributed by atoms with van der Waals surface area (Å²) in [4.78, 5) is 38.0. The zero-order chi connectivity index (χ0) is 45.8. The molecule has 1 atom stereocenters. The highest BCUT2D eigenvalue weighted by Gasteiger charge is 2.19. The summed E-state index contributed by atoms with van der Waals surface area (Å²) in [6.45, 7) is 6.38. The lowest BCUT2D eigenvalue weighted by Gasteiger charge is -2.18. The van der Waals surface area contributed by atoms with E-state index in [1.54, 1.807) is 0 Å². The molecular weight excluding hydrogens is 781 g/mol. The Bertz CT molecular complexity index is 1240. The average molecular weight is 877 g/mol. The van der Waals surface area contributed by atoms with Gasteiger partial charge < -0.3 is 14.2 Å². The molecule has 0 unspecified atom stereocenters. The first-order valence-corrected chi connectivity index (χ1v) is 26.1. The van der Waals surface area contributed by atoms with Gasteiger partial charge in [-0.25, -0.2) is 0 Å². The maximum absolute atomic E-state index is 12.8. The second-order valence-corrected chi connectivity index (χ2v) is 17.0. The highest BCUT2D eigenvalue weighted by atomic mass is 16.6. The minimum absolute atomic E-state index is 0.0911. The predicted molar refractivity (Wildman–Crippen MR) is 270 cm³/mol. The van der Waals surface area contributed by atoms with Gasteiger partial charge in [-0.3, -0.25) is 14.4 Å². The van der Waals surface area contributed by atoms with Crippen molar-refractivity contribution < 1.29 is 28.6 Å². The van der Waals surface area contributed by atoms with Gasteiger partial charge >= 0.3 is 17.9 Å². The third kappa shape index (κ3) is 49.5. The molecule has 0 aromatic rings. The summed E-state index contributed by atoms with van der Waals surface area (Å²) in [5.74, 6) is -0.932. The predicted octanol–water partition coefficient (Wildman–Crippen LogP) is 17.2. The zero-order valence-electron chi connectivity index (χ0n) is 41.1. The van der Waals surface area contributed by atoms with Gasteiger partial charge in [0, 0.05) is 19.3 Å². The van der Waals surface area contributed by atoms with E-state index < -0.39 is 6.10 Å². The monoisotopic (exact) mass is 877 g/mol. The van der Waals surface area contributed by atoms with Crippen LogP contribution >= 0.6 is 0 Å². The van der Waals surface area contributed by atoms with Crippen LogP contribution in [0.15, 0.2) is 85.1 Å². The summed E-state index contributed by atoms with van der Waals surface area (Å²) in [5.41, 5.74) is 0. The van der Waals surface area contributed by atoms with Gasteiger partial charge in [-0.1, -0.05) is 215 Å². The van der Waals surface area contributed by atoms with Crippen LogP contribution in [0.3, 0.4) is 0 Å². The molecule has 0 aliphatic rings. The number of allylic oxidation sites excluding steroid dienone is 14. The minimum atomic E-state index is -0.795. The zero-order valence-corrected chi connectivity index (χ0v) is 41.1. The van der Waals surface area contributed by atoms with Crippen molar-refractivity contribution in [3.63, 3.8) is 0 Å². The molecular formula is C57H96O6. The van der Waals surface area contributed by atoms with Crippen molar-refractivity contribution in [3.8, 4) is 0 Å². The van der Waals surface area contributed by atoms with Gasteiger partial charge in [0.2, 0.25) is 0 Å². The first-order valence-electron chi connectivity index (χ1n) is 26.1. The van der Waals surface area contributed by atoms with Crippen LogP contribution in [0.4, 0.5) is 0 Å². The van der Waals surface area contributed by atoms with Crippen LogP contribution in [0.5, 0.6) is 0 Å². The molecule has 0 saturated heterocycles. The van der Waals surface area contributed by atoms with Gasteiger partial charge in [0.1, 0.15) is 13.2 Å². The molecule has 0 aromatic carbocycles. The molecule has 0 saturated carbocycles. The Morgan fingerprint density at radius 1 is 0.333 bits per heavy atom. The van der Waals surface area contributed by atoms with E-state index >= 15 is 0 Å². The van der Waals surface area contributed by atoms with E-state index in [1.807, 2.05) is 0 Å². The standard InChI is InChI=1S/C57H96O6/c1-4-7-10-13-16-19-22-25-27-28-30-33-36-39-42-45-48-51-57(60)63-54(52-61-55(58)49-46-43-40-37-34-31-24-21-18-15-12-9-6-3)53-62-56(59)50-47-44-41-38-35-32-29-26-23-20-17-14-11-8-5-2/h7-8,10-11,16-17,19-20,25-27,29-30,33,54H,4-6,9,12-15,18,21-24,28,31-32,34-53H2,1-3H3/b10-7-,11-8-,19-16-,20-17-,27-25-,29-26-,33-30-/t54-/m0/s1. The molecule has 0 aliphatic heterocycles. The summed E-state index contributed by atoms with van der Waals surface area (Å²) in [7, 11) is 0. The van der Waals surface area contributed by atoms with E-state index in [-0.39, 0.29) is 31.1 Å². The van der Waals surface area contributed by atoms with E-state index in [1.165, 1.54) is 64.2 Å². The Hall–Kier alpha value is -3.41. The highest BCUT2D eigenvalue weighted by molar-refractivity contribution is 5.71. The maximum atomic E-state index is 12.8. The van der Waals surface area contributed by atoms with Crippen LogP contribution in [0.2, 0.25) is 0 Å². The van der Waals surface area contributed by atoms with Gasteiger partial charge in [0.15, 0.2) is 6.10 Å². The maximum Gasteiger partial charge on any atom is 0.306 e. The first kappa shape index (κ1) is 59.6. The van der Waals surface area contributed by atoms with Crippen molar-refractivity contribution in [3.05, 3.63) is 85.1 Å². The van der Waals surface area contributed by atoms with Crippen molar-refractivity contribution in [2.75, 3.05) is 13.2 Å². The number of unbranched alkanes of at least 4 members (excludes halogenated alkanes) is 21. The van der Waals surface area contributed by atoms with Crippen molar-refractivity contribution in [1.82, 2.24) is 0 Å². The van der Waals surface area contributed by atoms with Crippen LogP contribution in [0.25, 0.3) is 0 Å². The minimum Gasteiger partial charge on any atom is -0.462 e. The van der Waals surface area contributed by atoms with Crippen LogP contribution in [0, 0.1) is 0 Å². The molecule has 0 aromatic heterocycles. The van der Waals surface area contributed by atoms with Gasteiger partial charge in [-0.05, 0) is 89.9 Å². The summed E-state index contributed by atoms with van der Waals surface area (Å²) in [5, 5.41) is 0. The molecule has 0 fully saturated rings. The van der Waals surface area contributed by atoms with Gasteiger partial charge in [-0.2, -0.15) is 0 Å². The SMILES string of the molecule is CC/C=C\C/C=C\C/C=C\C/C=C\CCCCCCC(=O)O[C@H](COC(=O)CCCCCCC/C=C\C/C=C\C/C=C\CC)COC(=O)CCCCCCCCCCCCCCC. The van der Waals surface area contributed by atoms with Crippen molar-refractivity contribution in [2.45, 2.75) is 245 Å². The van der Waals surface area contributed by atoms with Crippen LogP contribution < -0.4 is 0 Å². The molecule has 0 rings (SSSR count). The Morgan fingerprint density at radius 3 is 0.968 bits per heavy atom. The molecule has 0 N–H and O–H groups in total. The fourth-order valence-electron chi connectivity index (χ4n) is 7.04. The van der Waals surface area contributed by atoms with E-state index in [4.69, 9.17) is 14.2 Å². The third-order valence-electron chi connectivity index (χ3n) is 10.9. The van der Waals surface area contributed by atoms with Gasteiger partial charge in [0.05, 0.1) is 0 Å². The lowest BCUT2D eigenvalue weighted by Crippen LogP contribution is -2.30. The quantitative estimate of drug-likeness (QED) is 0.0262.